The molecule has 0 bridgehead atoms. The van der Waals surface area contributed by atoms with Crippen molar-refractivity contribution in [3.63, 3.8) is 0 Å². The van der Waals surface area contributed by atoms with Gasteiger partial charge in [-0.25, -0.2) is 4.98 Å². The summed E-state index contributed by atoms with van der Waals surface area (Å²) in [6.45, 7) is 1.23. The first kappa shape index (κ1) is 7.60. The molecule has 0 spiro atoms. The van der Waals surface area contributed by atoms with Gasteiger partial charge in [0.2, 0.25) is 0 Å². The van der Waals surface area contributed by atoms with Crippen molar-refractivity contribution < 1.29 is 0 Å². The Balaban J connectivity index is 2.09. The molecule has 0 aromatic carbocycles. The highest BCUT2D eigenvalue weighted by molar-refractivity contribution is 5.21. The molecule has 2 heterocycles. The van der Waals surface area contributed by atoms with Crippen molar-refractivity contribution in [2.45, 2.75) is 51.5 Å². The zero-order valence-electron chi connectivity index (χ0n) is 8.05. The van der Waals surface area contributed by atoms with Gasteiger partial charge < -0.3 is 4.57 Å². The first-order valence-corrected chi connectivity index (χ1v) is 5.52. The first-order chi connectivity index (χ1) is 6.45. The van der Waals surface area contributed by atoms with Crippen LogP contribution >= 0.6 is 0 Å². The summed E-state index contributed by atoms with van der Waals surface area (Å²) in [7, 11) is 0. The topological polar surface area (TPSA) is 17.8 Å². The summed E-state index contributed by atoms with van der Waals surface area (Å²) in [6.07, 6.45) is 9.15. The van der Waals surface area contributed by atoms with Crippen LogP contribution in [-0.4, -0.2) is 9.55 Å². The predicted octanol–water partition coefficient (Wildman–Crippen LogP) is 2.10. The fraction of sp³-hybridized carbons (Fsp3) is 0.727. The van der Waals surface area contributed by atoms with E-state index in [9.17, 15) is 0 Å². The normalized spacial score (nSPS) is 20.9. The van der Waals surface area contributed by atoms with Gasteiger partial charge in [0.25, 0.3) is 0 Å². The third kappa shape index (κ3) is 1.11. The molecular weight excluding hydrogens is 160 g/mol. The molecule has 70 valence electrons. The molecule has 1 aromatic rings. The molecule has 2 aliphatic rings. The third-order valence-corrected chi connectivity index (χ3v) is 3.34. The summed E-state index contributed by atoms with van der Waals surface area (Å²) in [5.74, 6) is 1.37. The van der Waals surface area contributed by atoms with Gasteiger partial charge in [-0.2, -0.15) is 0 Å². The Labute approximate surface area is 79.0 Å². The van der Waals surface area contributed by atoms with Crippen molar-refractivity contribution in [3.8, 4) is 0 Å². The zero-order chi connectivity index (χ0) is 8.67. The summed E-state index contributed by atoms with van der Waals surface area (Å²) in [6, 6.07) is 0. The van der Waals surface area contributed by atoms with Crippen LogP contribution in [-0.2, 0) is 25.8 Å². The van der Waals surface area contributed by atoms with Gasteiger partial charge in [0.15, 0.2) is 0 Å². The number of aromatic nitrogens is 2. The van der Waals surface area contributed by atoms with E-state index in [0.717, 1.165) is 0 Å². The van der Waals surface area contributed by atoms with Gasteiger partial charge >= 0.3 is 0 Å². The zero-order valence-corrected chi connectivity index (χ0v) is 8.05. The molecule has 0 N–H and O–H groups in total. The minimum absolute atomic E-state index is 1.22. The van der Waals surface area contributed by atoms with Gasteiger partial charge in [0.05, 0.1) is 5.69 Å². The number of hydrogen-bond acceptors (Lipinski definition) is 1. The van der Waals surface area contributed by atoms with Crippen LogP contribution in [0.5, 0.6) is 0 Å². The van der Waals surface area contributed by atoms with E-state index in [1.807, 2.05) is 0 Å². The van der Waals surface area contributed by atoms with Crippen LogP contribution in [0, 0.1) is 0 Å². The average Bonchev–Trinajstić information content (AvgIpc) is 2.56. The van der Waals surface area contributed by atoms with Crippen LogP contribution < -0.4 is 0 Å². The Morgan fingerprint density at radius 3 is 2.77 bits per heavy atom. The lowest BCUT2D eigenvalue weighted by atomic mass is 10.0. The molecule has 0 radical (unpaired) electrons. The van der Waals surface area contributed by atoms with Gasteiger partial charge in [-0.1, -0.05) is 0 Å². The fourth-order valence-electron chi connectivity index (χ4n) is 2.66. The number of fused-ring (bicyclic) bond motifs is 3. The second kappa shape index (κ2) is 2.86. The molecule has 1 aliphatic heterocycles. The Kier molecular flexibility index (Phi) is 1.67. The van der Waals surface area contributed by atoms with Gasteiger partial charge in [-0.15, -0.1) is 0 Å². The first-order valence-electron chi connectivity index (χ1n) is 5.52. The van der Waals surface area contributed by atoms with Crippen LogP contribution in [0.3, 0.4) is 0 Å². The van der Waals surface area contributed by atoms with Crippen LogP contribution in [0.2, 0.25) is 0 Å². The molecule has 0 unspecified atom stereocenters. The van der Waals surface area contributed by atoms with Crippen LogP contribution in [0.1, 0.15) is 42.9 Å². The van der Waals surface area contributed by atoms with E-state index < -0.39 is 0 Å². The van der Waals surface area contributed by atoms with Crippen molar-refractivity contribution in [3.05, 3.63) is 17.2 Å². The highest BCUT2D eigenvalue weighted by Gasteiger charge is 2.21. The Morgan fingerprint density at radius 2 is 1.77 bits per heavy atom. The second-order valence-corrected chi connectivity index (χ2v) is 4.24. The molecule has 3 rings (SSSR count). The molecule has 0 amide bonds. The van der Waals surface area contributed by atoms with Gasteiger partial charge in [-0.3, -0.25) is 0 Å². The van der Waals surface area contributed by atoms with E-state index in [4.69, 9.17) is 4.98 Å². The van der Waals surface area contributed by atoms with E-state index in [1.54, 1.807) is 5.69 Å². The maximum atomic E-state index is 4.75. The Morgan fingerprint density at radius 1 is 0.923 bits per heavy atom. The molecule has 1 aromatic heterocycles. The second-order valence-electron chi connectivity index (χ2n) is 4.24. The standard InChI is InChI=1S/C11H16N2/c1-2-6-10-9(5-1)12-11-7-3-4-8-13(10)11/h1-8H2. The molecule has 1 aliphatic carbocycles. The maximum absolute atomic E-state index is 4.75. The monoisotopic (exact) mass is 176 g/mol. The van der Waals surface area contributed by atoms with Crippen LogP contribution in [0.15, 0.2) is 0 Å². The van der Waals surface area contributed by atoms with Crippen molar-refractivity contribution in [1.29, 1.82) is 0 Å². The van der Waals surface area contributed by atoms with Gasteiger partial charge in [0, 0.05) is 18.7 Å². The predicted molar refractivity (Wildman–Crippen MR) is 51.8 cm³/mol. The number of nitrogens with zero attached hydrogens (tertiary/aromatic N) is 2. The highest BCUT2D eigenvalue weighted by Crippen LogP contribution is 2.25. The Hall–Kier alpha value is -0.790. The van der Waals surface area contributed by atoms with E-state index in [0.29, 0.717) is 0 Å². The highest BCUT2D eigenvalue weighted by atomic mass is 15.1. The number of imidazole rings is 1. The van der Waals surface area contributed by atoms with Crippen molar-refractivity contribution in [2.24, 2.45) is 0 Å². The van der Waals surface area contributed by atoms with E-state index in [1.165, 1.54) is 63.0 Å². The van der Waals surface area contributed by atoms with E-state index >= 15 is 0 Å². The molecule has 0 saturated carbocycles. The SMILES string of the molecule is C1CCc2c(nc3n2CCCC3)C1. The number of rotatable bonds is 0. The molecule has 0 fully saturated rings. The molecule has 2 nitrogen and oxygen atoms in total. The lowest BCUT2D eigenvalue weighted by Crippen LogP contribution is -2.14. The molecule has 13 heavy (non-hydrogen) atoms. The summed E-state index contributed by atoms with van der Waals surface area (Å²) in [4.78, 5) is 4.75. The van der Waals surface area contributed by atoms with Crippen molar-refractivity contribution >= 4 is 0 Å². The largest absolute Gasteiger partial charge is 0.332 e. The Bertz CT molecular complexity index is 295. The van der Waals surface area contributed by atoms with Crippen LogP contribution in [0.25, 0.3) is 0 Å². The smallest absolute Gasteiger partial charge is 0.109 e. The third-order valence-electron chi connectivity index (χ3n) is 3.34. The molecular formula is C11H16N2. The number of aryl methyl sites for hydroxylation is 2. The number of hydrogen-bond donors (Lipinski definition) is 0. The van der Waals surface area contributed by atoms with Gasteiger partial charge in [0.1, 0.15) is 5.82 Å². The van der Waals surface area contributed by atoms with Crippen molar-refractivity contribution in [1.82, 2.24) is 9.55 Å². The summed E-state index contributed by atoms with van der Waals surface area (Å²) in [5.41, 5.74) is 2.99. The lowest BCUT2D eigenvalue weighted by Gasteiger charge is -2.18. The average molecular weight is 176 g/mol. The van der Waals surface area contributed by atoms with Crippen LogP contribution in [0.4, 0.5) is 0 Å². The maximum Gasteiger partial charge on any atom is 0.109 e. The minimum atomic E-state index is 1.22. The summed E-state index contributed by atoms with van der Waals surface area (Å²) in [5, 5.41) is 0. The fourth-order valence-corrected chi connectivity index (χ4v) is 2.66. The molecule has 2 heteroatoms. The summed E-state index contributed by atoms with van der Waals surface area (Å²) >= 11 is 0. The minimum Gasteiger partial charge on any atom is -0.332 e. The van der Waals surface area contributed by atoms with E-state index in [2.05, 4.69) is 4.57 Å². The van der Waals surface area contributed by atoms with Gasteiger partial charge in [-0.05, 0) is 38.5 Å². The molecule has 0 saturated heterocycles. The summed E-state index contributed by atoms with van der Waals surface area (Å²) < 4.78 is 2.50. The quantitative estimate of drug-likeness (QED) is 0.592. The van der Waals surface area contributed by atoms with Crippen molar-refractivity contribution in [2.75, 3.05) is 0 Å². The van der Waals surface area contributed by atoms with E-state index in [-0.39, 0.29) is 0 Å². The molecule has 0 atom stereocenters. The lowest BCUT2D eigenvalue weighted by molar-refractivity contribution is 0.501.